The summed E-state index contributed by atoms with van der Waals surface area (Å²) in [6.07, 6.45) is 3.87. The molecule has 0 fully saturated rings. The van der Waals surface area contributed by atoms with Gasteiger partial charge >= 0.3 is 5.97 Å². The number of rotatable bonds is 2. The van der Waals surface area contributed by atoms with E-state index in [2.05, 4.69) is 9.99 Å². The van der Waals surface area contributed by atoms with E-state index in [0.717, 1.165) is 0 Å². The number of hydrogen-bond donors (Lipinski definition) is 0. The lowest BCUT2D eigenvalue weighted by Gasteiger charge is -2.13. The number of amides is 1. The highest BCUT2D eigenvalue weighted by atomic mass is 16.7. The van der Waals surface area contributed by atoms with Crippen molar-refractivity contribution in [1.29, 1.82) is 0 Å². The van der Waals surface area contributed by atoms with Crippen molar-refractivity contribution in [2.24, 2.45) is 5.16 Å². The molecular weight excluding hydrogens is 224 g/mol. The van der Waals surface area contributed by atoms with Crippen molar-refractivity contribution < 1.29 is 19.2 Å². The summed E-state index contributed by atoms with van der Waals surface area (Å²) < 4.78 is 0. The third kappa shape index (κ3) is 3.37. The Bertz CT molecular complexity index is 458. The van der Waals surface area contributed by atoms with Crippen LogP contribution in [-0.4, -0.2) is 42.4 Å². The van der Waals surface area contributed by atoms with Gasteiger partial charge in [-0.2, -0.15) is 0 Å². The third-order valence-corrected chi connectivity index (χ3v) is 1.88. The van der Waals surface area contributed by atoms with Gasteiger partial charge in [-0.3, -0.25) is 9.59 Å². The van der Waals surface area contributed by atoms with Gasteiger partial charge in [0.2, 0.25) is 0 Å². The number of carbonyl (C=O) groups excluding carboxylic acids is 3. The van der Waals surface area contributed by atoms with E-state index < -0.39 is 17.7 Å². The maximum Gasteiger partial charge on any atom is 0.331 e. The van der Waals surface area contributed by atoms with Crippen LogP contribution in [0.1, 0.15) is 6.92 Å². The highest BCUT2D eigenvalue weighted by Crippen LogP contribution is 2.09. The average molecular weight is 236 g/mol. The first-order valence-corrected chi connectivity index (χ1v) is 4.83. The summed E-state index contributed by atoms with van der Waals surface area (Å²) in [5.74, 6) is -1.39. The molecule has 17 heavy (non-hydrogen) atoms. The first-order valence-electron chi connectivity index (χ1n) is 4.83. The number of nitrogens with zero attached hydrogens (tertiary/aromatic N) is 2. The molecule has 0 aromatic heterocycles. The Labute approximate surface area is 98.2 Å². The van der Waals surface area contributed by atoms with Crippen LogP contribution in [0, 0.1) is 0 Å². The minimum absolute atomic E-state index is 0.0107. The molecule has 0 bridgehead atoms. The van der Waals surface area contributed by atoms with Crippen LogP contribution >= 0.6 is 0 Å². The SMILES string of the molecule is CC(=O)O/N=C1/C=CC(=O)C(C(=O)N(C)C)=C1. The molecule has 0 spiro atoms. The van der Waals surface area contributed by atoms with E-state index in [0.29, 0.717) is 0 Å². The van der Waals surface area contributed by atoms with Crippen molar-refractivity contribution in [3.8, 4) is 0 Å². The lowest BCUT2D eigenvalue weighted by atomic mass is 10.0. The first kappa shape index (κ1) is 12.8. The van der Waals surface area contributed by atoms with Gasteiger partial charge in [0.15, 0.2) is 5.78 Å². The number of hydrogen-bond acceptors (Lipinski definition) is 5. The van der Waals surface area contributed by atoms with Crippen molar-refractivity contribution in [2.75, 3.05) is 14.1 Å². The van der Waals surface area contributed by atoms with Crippen LogP contribution in [-0.2, 0) is 19.2 Å². The molecule has 0 aromatic rings. The lowest BCUT2D eigenvalue weighted by Crippen LogP contribution is -2.28. The van der Waals surface area contributed by atoms with Crippen LogP contribution in [0.5, 0.6) is 0 Å². The molecule has 1 amide bonds. The topological polar surface area (TPSA) is 76.0 Å². The standard InChI is InChI=1S/C11H12N2O4/c1-7(14)17-12-8-4-5-10(15)9(6-8)11(16)13(2)3/h4-6H,1-3H3/b12-8-. The van der Waals surface area contributed by atoms with Crippen LogP contribution < -0.4 is 0 Å². The molecule has 0 N–H and O–H groups in total. The molecule has 1 aliphatic carbocycles. The molecule has 0 atom stereocenters. The Kier molecular flexibility index (Phi) is 3.92. The fourth-order valence-electron chi connectivity index (χ4n) is 1.10. The second-order valence-corrected chi connectivity index (χ2v) is 3.55. The summed E-state index contributed by atoms with van der Waals surface area (Å²) in [6, 6.07) is 0. The first-order chi connectivity index (χ1) is 7.91. The van der Waals surface area contributed by atoms with Gasteiger partial charge in [0.25, 0.3) is 5.91 Å². The number of carbonyl (C=O) groups is 3. The van der Waals surface area contributed by atoms with Crippen molar-refractivity contribution in [1.82, 2.24) is 4.90 Å². The van der Waals surface area contributed by atoms with E-state index in [-0.39, 0.29) is 11.3 Å². The van der Waals surface area contributed by atoms with Crippen molar-refractivity contribution >= 4 is 23.4 Å². The third-order valence-electron chi connectivity index (χ3n) is 1.88. The second-order valence-electron chi connectivity index (χ2n) is 3.55. The predicted octanol–water partition coefficient (Wildman–Crippen LogP) is 0.0590. The zero-order chi connectivity index (χ0) is 13.0. The molecule has 0 radical (unpaired) electrons. The Morgan fingerprint density at radius 1 is 1.29 bits per heavy atom. The molecule has 0 aliphatic heterocycles. The minimum Gasteiger partial charge on any atom is -0.345 e. The highest BCUT2D eigenvalue weighted by Gasteiger charge is 2.21. The summed E-state index contributed by atoms with van der Waals surface area (Å²) in [5, 5.41) is 3.49. The lowest BCUT2D eigenvalue weighted by molar-refractivity contribution is -0.140. The van der Waals surface area contributed by atoms with E-state index in [9.17, 15) is 14.4 Å². The average Bonchev–Trinajstić information content (AvgIpc) is 2.26. The maximum atomic E-state index is 11.6. The zero-order valence-corrected chi connectivity index (χ0v) is 9.76. The van der Waals surface area contributed by atoms with Gasteiger partial charge in [-0.15, -0.1) is 0 Å². The molecule has 0 aromatic carbocycles. The Morgan fingerprint density at radius 3 is 2.47 bits per heavy atom. The number of likely N-dealkylation sites (N-methyl/N-ethyl adjacent to an activating group) is 1. The predicted molar refractivity (Wildman–Crippen MR) is 60.1 cm³/mol. The summed E-state index contributed by atoms with van der Waals surface area (Å²) >= 11 is 0. The zero-order valence-electron chi connectivity index (χ0n) is 9.76. The van der Waals surface area contributed by atoms with E-state index in [1.54, 1.807) is 0 Å². The molecule has 6 nitrogen and oxygen atoms in total. The van der Waals surface area contributed by atoms with Crippen LogP contribution in [0.4, 0.5) is 0 Å². The molecule has 90 valence electrons. The highest BCUT2D eigenvalue weighted by molar-refractivity contribution is 6.30. The Morgan fingerprint density at radius 2 is 1.94 bits per heavy atom. The van der Waals surface area contributed by atoms with Gasteiger partial charge in [-0.25, -0.2) is 4.79 Å². The summed E-state index contributed by atoms with van der Waals surface area (Å²) in [5.41, 5.74) is 0.230. The molecule has 6 heteroatoms. The molecule has 0 heterocycles. The van der Waals surface area contributed by atoms with Gasteiger partial charge in [0.05, 0.1) is 5.57 Å². The largest absolute Gasteiger partial charge is 0.345 e. The Balaban J connectivity index is 2.96. The van der Waals surface area contributed by atoms with Gasteiger partial charge in [-0.1, -0.05) is 5.16 Å². The van der Waals surface area contributed by atoms with Crippen molar-refractivity contribution in [3.05, 3.63) is 23.8 Å². The fraction of sp³-hybridized carbons (Fsp3) is 0.273. The van der Waals surface area contributed by atoms with Crippen LogP contribution in [0.15, 0.2) is 29.0 Å². The smallest absolute Gasteiger partial charge is 0.331 e. The van der Waals surface area contributed by atoms with Crippen LogP contribution in [0.25, 0.3) is 0 Å². The number of allylic oxidation sites excluding steroid dienone is 3. The minimum atomic E-state index is -0.573. The van der Waals surface area contributed by atoms with E-state index >= 15 is 0 Å². The number of ketones is 1. The van der Waals surface area contributed by atoms with Crippen LogP contribution in [0.2, 0.25) is 0 Å². The summed E-state index contributed by atoms with van der Waals surface area (Å²) in [7, 11) is 3.08. The second kappa shape index (κ2) is 5.20. The van der Waals surface area contributed by atoms with E-state index in [1.807, 2.05) is 0 Å². The molecule has 1 aliphatic rings. The van der Waals surface area contributed by atoms with Crippen molar-refractivity contribution in [2.45, 2.75) is 6.92 Å². The van der Waals surface area contributed by atoms with Gasteiger partial charge in [-0.05, 0) is 18.2 Å². The van der Waals surface area contributed by atoms with Gasteiger partial charge < -0.3 is 9.74 Å². The molecular formula is C11H12N2O4. The maximum absolute atomic E-state index is 11.6. The van der Waals surface area contributed by atoms with Gasteiger partial charge in [0, 0.05) is 21.0 Å². The summed E-state index contributed by atoms with van der Waals surface area (Å²) in [6.45, 7) is 1.21. The van der Waals surface area contributed by atoms with E-state index in [1.165, 1.54) is 44.1 Å². The number of oxime groups is 1. The Hall–Kier alpha value is -2.24. The molecule has 0 saturated heterocycles. The molecule has 0 unspecified atom stereocenters. The quantitative estimate of drug-likeness (QED) is 0.294. The molecule has 1 rings (SSSR count). The fourth-order valence-corrected chi connectivity index (χ4v) is 1.10. The monoisotopic (exact) mass is 236 g/mol. The van der Waals surface area contributed by atoms with Gasteiger partial charge in [0.1, 0.15) is 5.71 Å². The summed E-state index contributed by atoms with van der Waals surface area (Å²) in [4.78, 5) is 39.4. The molecule has 0 saturated carbocycles. The van der Waals surface area contributed by atoms with Crippen molar-refractivity contribution in [3.63, 3.8) is 0 Å². The van der Waals surface area contributed by atoms with Crippen LogP contribution in [0.3, 0.4) is 0 Å². The van der Waals surface area contributed by atoms with E-state index in [4.69, 9.17) is 0 Å². The normalized spacial score (nSPS) is 16.8.